The van der Waals surface area contributed by atoms with Crippen LogP contribution in [0.2, 0.25) is 0 Å². The van der Waals surface area contributed by atoms with E-state index >= 15 is 0 Å². The lowest BCUT2D eigenvalue weighted by atomic mass is 10.1. The maximum Gasteiger partial charge on any atom is 0.262 e. The number of hydrogen-bond acceptors (Lipinski definition) is 9. The van der Waals surface area contributed by atoms with E-state index < -0.39 is 5.91 Å². The van der Waals surface area contributed by atoms with Crippen molar-refractivity contribution in [2.24, 2.45) is 0 Å². The van der Waals surface area contributed by atoms with E-state index in [9.17, 15) is 19.6 Å². The number of anilines is 2. The normalized spacial score (nSPS) is 10.3. The molecule has 320 valence electrons. The van der Waals surface area contributed by atoms with Gasteiger partial charge in [0.1, 0.15) is 24.3 Å². The summed E-state index contributed by atoms with van der Waals surface area (Å²) in [5.74, 6) is -0.832. The van der Waals surface area contributed by atoms with Gasteiger partial charge in [-0.3, -0.25) is 14.4 Å². The zero-order valence-electron chi connectivity index (χ0n) is 35.1. The van der Waals surface area contributed by atoms with Gasteiger partial charge in [0, 0.05) is 56.2 Å². The van der Waals surface area contributed by atoms with E-state index in [1.54, 1.807) is 12.1 Å². The third-order valence-corrected chi connectivity index (χ3v) is 9.26. The van der Waals surface area contributed by atoms with Crippen molar-refractivity contribution in [1.82, 2.24) is 10.6 Å². The first-order valence-electron chi connectivity index (χ1n) is 20.4. The molecule has 0 radical (unpaired) electrons. The zero-order chi connectivity index (χ0) is 44.9. The van der Waals surface area contributed by atoms with Gasteiger partial charge in [0.15, 0.2) is 0 Å². The Kier molecular flexibility index (Phi) is 21.1. The van der Waals surface area contributed by atoms with Crippen molar-refractivity contribution in [3.63, 3.8) is 0 Å². The smallest absolute Gasteiger partial charge is 0.262 e. The summed E-state index contributed by atoms with van der Waals surface area (Å²) < 4.78 is 0. The predicted octanol–water partition coefficient (Wildman–Crippen LogP) is 7.62. The van der Waals surface area contributed by atoms with Gasteiger partial charge in [0.25, 0.3) is 5.91 Å². The first-order valence-corrected chi connectivity index (χ1v) is 20.4. The van der Waals surface area contributed by atoms with Gasteiger partial charge in [0.05, 0.1) is 19.3 Å². The van der Waals surface area contributed by atoms with E-state index in [-0.39, 0.29) is 44.2 Å². The van der Waals surface area contributed by atoms with Crippen LogP contribution in [0.15, 0.2) is 175 Å². The Bertz CT molecular complexity index is 2280. The highest BCUT2D eigenvalue weighted by molar-refractivity contribution is 6.01. The van der Waals surface area contributed by atoms with Crippen LogP contribution in [-0.4, -0.2) is 54.6 Å². The molecule has 0 saturated heterocycles. The number of aldehydes is 1. The van der Waals surface area contributed by atoms with Gasteiger partial charge in [-0.15, -0.1) is 0 Å². The number of nitrogens with one attached hydrogen (secondary N) is 2. The summed E-state index contributed by atoms with van der Waals surface area (Å²) in [4.78, 5) is 37.8. The molecule has 11 heteroatoms. The second-order valence-electron chi connectivity index (χ2n) is 14.0. The number of hydrogen-bond donors (Lipinski definition) is 4. The monoisotopic (exact) mass is 840 g/mol. The molecule has 2 amide bonds. The Morgan fingerprint density at radius 1 is 0.524 bits per heavy atom. The van der Waals surface area contributed by atoms with Crippen molar-refractivity contribution in [3.05, 3.63) is 209 Å². The lowest BCUT2D eigenvalue weighted by molar-refractivity contribution is -0.120. The topological polar surface area (TPSA) is 170 Å². The summed E-state index contributed by atoms with van der Waals surface area (Å²) in [7, 11) is 0. The van der Waals surface area contributed by atoms with Crippen molar-refractivity contribution < 1.29 is 24.6 Å². The average Bonchev–Trinajstić information content (AvgIpc) is 3.33. The number of rotatable bonds is 18. The van der Waals surface area contributed by atoms with Gasteiger partial charge in [-0.25, -0.2) is 0 Å². The average molecular weight is 841 g/mol. The van der Waals surface area contributed by atoms with Crippen molar-refractivity contribution in [1.29, 1.82) is 10.5 Å². The van der Waals surface area contributed by atoms with E-state index in [2.05, 4.69) is 93.2 Å². The summed E-state index contributed by atoms with van der Waals surface area (Å²) >= 11 is 0. The van der Waals surface area contributed by atoms with E-state index in [1.807, 2.05) is 103 Å². The maximum atomic E-state index is 12.0. The standard InChI is InChI=1S/C26H25N3O2.C21H19NO.C5H8N2O2/c27-18-24(26(31)28-15-16-30)17-21-11-13-25(14-12-21)29(19-22-7-3-1-4-8-22)20-23-9-5-2-6-10-23;23-17-20-11-13-21(14-12-20)22(15-18-7-3-1-4-8-18)16-19-9-5-2-6-10-19;6-2-1-5(9)7-3-4-8/h1-14,17,30H,15-16,19-20H2,(H,28,31);1-14,17H,15-16H2;8H,1,3-4H2,(H,7,9)/b24-17+;;. The largest absolute Gasteiger partial charge is 0.395 e. The minimum Gasteiger partial charge on any atom is -0.395 e. The number of aliphatic hydroxyl groups excluding tert-OH is 2. The van der Waals surface area contributed by atoms with Crippen LogP contribution < -0.4 is 20.4 Å². The molecule has 0 bridgehead atoms. The summed E-state index contributed by atoms with van der Waals surface area (Å²) in [5, 5.41) is 39.1. The number of nitriles is 2. The summed E-state index contributed by atoms with van der Waals surface area (Å²) in [6.45, 7) is 3.27. The van der Waals surface area contributed by atoms with Crippen molar-refractivity contribution in [2.75, 3.05) is 36.1 Å². The molecule has 0 heterocycles. The molecule has 0 aliphatic rings. The molecule has 4 N–H and O–H groups in total. The van der Waals surface area contributed by atoms with Crippen LogP contribution in [-0.2, 0) is 35.8 Å². The second kappa shape index (κ2) is 27.8. The van der Waals surface area contributed by atoms with Crippen LogP contribution in [0.4, 0.5) is 11.4 Å². The number of nitrogens with zero attached hydrogens (tertiary/aromatic N) is 4. The molecule has 0 aliphatic carbocycles. The lowest BCUT2D eigenvalue weighted by Crippen LogP contribution is -2.27. The number of amides is 2. The molecule has 11 nitrogen and oxygen atoms in total. The fourth-order valence-electron chi connectivity index (χ4n) is 6.15. The lowest BCUT2D eigenvalue weighted by Gasteiger charge is -2.25. The van der Waals surface area contributed by atoms with Gasteiger partial charge < -0.3 is 30.6 Å². The van der Waals surface area contributed by atoms with Crippen LogP contribution in [0.3, 0.4) is 0 Å². The van der Waals surface area contributed by atoms with Crippen molar-refractivity contribution in [2.45, 2.75) is 32.6 Å². The molecule has 0 aliphatic heterocycles. The minimum atomic E-state index is -0.490. The Balaban J connectivity index is 0.000000238. The van der Waals surface area contributed by atoms with E-state index in [4.69, 9.17) is 15.5 Å². The zero-order valence-corrected chi connectivity index (χ0v) is 35.1. The molecule has 0 atom stereocenters. The molecule has 0 fully saturated rings. The van der Waals surface area contributed by atoms with Gasteiger partial charge in [0.2, 0.25) is 5.91 Å². The Hall–Kier alpha value is -7.83. The molecule has 63 heavy (non-hydrogen) atoms. The predicted molar refractivity (Wildman–Crippen MR) is 248 cm³/mol. The van der Waals surface area contributed by atoms with Gasteiger partial charge in [-0.05, 0) is 70.3 Å². The molecule has 0 unspecified atom stereocenters. The molecule has 0 saturated carbocycles. The van der Waals surface area contributed by atoms with Crippen molar-refractivity contribution >= 4 is 35.6 Å². The first-order chi connectivity index (χ1) is 30.8. The number of aliphatic hydroxyl groups is 2. The molecule has 6 aromatic carbocycles. The SMILES string of the molecule is N#C/C(=C\c1ccc(N(Cc2ccccc2)Cc2ccccc2)cc1)C(=O)NCCO.N#CCC(=O)NCCO.O=Cc1ccc(N(Cc2ccccc2)Cc2ccccc2)cc1. The molecule has 6 rings (SSSR count). The van der Waals surface area contributed by atoms with Crippen LogP contribution in [0.25, 0.3) is 6.08 Å². The van der Waals surface area contributed by atoms with Crippen LogP contribution in [0.1, 0.15) is 44.6 Å². The number of benzene rings is 6. The highest BCUT2D eigenvalue weighted by atomic mass is 16.3. The fourth-order valence-corrected chi connectivity index (χ4v) is 6.15. The third kappa shape index (κ3) is 17.7. The van der Waals surface area contributed by atoms with Crippen LogP contribution in [0.5, 0.6) is 0 Å². The van der Waals surface area contributed by atoms with Gasteiger partial charge in [-0.2, -0.15) is 10.5 Å². The molecular formula is C52H52N6O5. The minimum absolute atomic E-state index is 0.00614. The molecule has 0 spiro atoms. The fraction of sp³-hybridized carbons (Fsp3) is 0.173. The Morgan fingerprint density at radius 2 is 0.889 bits per heavy atom. The van der Waals surface area contributed by atoms with Crippen LogP contribution in [0, 0.1) is 22.7 Å². The first kappa shape index (κ1) is 47.8. The summed E-state index contributed by atoms with van der Waals surface area (Å²) in [6.07, 6.45) is 2.29. The Morgan fingerprint density at radius 3 is 1.22 bits per heavy atom. The second-order valence-corrected chi connectivity index (χ2v) is 14.0. The highest BCUT2D eigenvalue weighted by Crippen LogP contribution is 2.23. The van der Waals surface area contributed by atoms with Crippen molar-refractivity contribution in [3.8, 4) is 12.1 Å². The van der Waals surface area contributed by atoms with Crippen LogP contribution >= 0.6 is 0 Å². The summed E-state index contributed by atoms with van der Waals surface area (Å²) in [5.41, 5.74) is 8.60. The number of carbonyl (C=O) groups is 3. The van der Waals surface area contributed by atoms with E-state index in [1.165, 1.54) is 22.3 Å². The maximum absolute atomic E-state index is 12.0. The molecule has 0 aromatic heterocycles. The Labute approximate surface area is 369 Å². The van der Waals surface area contributed by atoms with Gasteiger partial charge in [-0.1, -0.05) is 133 Å². The number of carbonyl (C=O) groups excluding carboxylic acids is 3. The van der Waals surface area contributed by atoms with Gasteiger partial charge >= 0.3 is 0 Å². The van der Waals surface area contributed by atoms with E-state index in [0.29, 0.717) is 5.56 Å². The summed E-state index contributed by atoms with van der Waals surface area (Å²) in [6, 6.07) is 60.6. The quantitative estimate of drug-likeness (QED) is 0.0386. The third-order valence-electron chi connectivity index (χ3n) is 9.26. The molecule has 6 aromatic rings. The van der Waals surface area contributed by atoms with E-state index in [0.717, 1.165) is 49.4 Å². The molecular weight excluding hydrogens is 789 g/mol. The highest BCUT2D eigenvalue weighted by Gasteiger charge is 2.12.